The van der Waals surface area contributed by atoms with Gasteiger partial charge in [0.25, 0.3) is 0 Å². The summed E-state index contributed by atoms with van der Waals surface area (Å²) < 4.78 is 4.75. The maximum atomic E-state index is 11.4. The number of methoxy groups -OCH3 is 1. The largest absolute Gasteiger partial charge is 0.468 e. The number of hydrogen-bond donors (Lipinski definition) is 0. The highest BCUT2D eigenvalue weighted by Crippen LogP contribution is 2.30. The lowest BCUT2D eigenvalue weighted by Gasteiger charge is -2.31. The fourth-order valence-electron chi connectivity index (χ4n) is 2.44. The molecule has 0 saturated carbocycles. The number of benzene rings is 1. The fraction of sp³-hybridized carbons (Fsp3) is 0.533. The van der Waals surface area contributed by atoms with E-state index in [0.717, 1.165) is 19.4 Å². The lowest BCUT2D eigenvalue weighted by molar-refractivity contribution is -0.138. The summed E-state index contributed by atoms with van der Waals surface area (Å²) in [5, 5.41) is 0. The van der Waals surface area contributed by atoms with Gasteiger partial charge in [-0.05, 0) is 36.0 Å². The minimum absolute atomic E-state index is 0.171. The van der Waals surface area contributed by atoms with Crippen molar-refractivity contribution in [3.8, 4) is 0 Å². The van der Waals surface area contributed by atoms with Crippen molar-refractivity contribution in [1.82, 2.24) is 0 Å². The standard InChI is InChI=1S/C15H21NO2/c1-11(2)12-6-7-14-13(9-12)5-4-8-16(14)10-15(17)18-3/h6-7,9,11H,4-5,8,10H2,1-3H3. The van der Waals surface area contributed by atoms with Gasteiger partial charge in [0.2, 0.25) is 0 Å². The van der Waals surface area contributed by atoms with Crippen LogP contribution in [0.1, 0.15) is 37.3 Å². The summed E-state index contributed by atoms with van der Waals surface area (Å²) in [6.07, 6.45) is 2.21. The molecule has 0 aromatic heterocycles. The second-order valence-corrected chi connectivity index (χ2v) is 5.14. The van der Waals surface area contributed by atoms with Crippen LogP contribution in [0.3, 0.4) is 0 Å². The molecule has 0 radical (unpaired) electrons. The van der Waals surface area contributed by atoms with Crippen LogP contribution in [0.5, 0.6) is 0 Å². The first-order valence-electron chi connectivity index (χ1n) is 6.56. The summed E-state index contributed by atoms with van der Waals surface area (Å²) in [5.74, 6) is 0.377. The number of hydrogen-bond acceptors (Lipinski definition) is 3. The van der Waals surface area contributed by atoms with Gasteiger partial charge < -0.3 is 9.64 Å². The van der Waals surface area contributed by atoms with Crippen LogP contribution >= 0.6 is 0 Å². The van der Waals surface area contributed by atoms with Crippen molar-refractivity contribution in [3.05, 3.63) is 29.3 Å². The molecule has 0 saturated heterocycles. The van der Waals surface area contributed by atoms with E-state index in [9.17, 15) is 4.79 Å². The summed E-state index contributed by atoms with van der Waals surface area (Å²) in [4.78, 5) is 13.5. The van der Waals surface area contributed by atoms with Crippen LogP contribution in [-0.4, -0.2) is 26.2 Å². The van der Waals surface area contributed by atoms with E-state index in [1.807, 2.05) is 0 Å². The maximum absolute atomic E-state index is 11.4. The Morgan fingerprint density at radius 1 is 1.44 bits per heavy atom. The predicted molar refractivity (Wildman–Crippen MR) is 73.1 cm³/mol. The first-order chi connectivity index (χ1) is 8.61. The normalized spacial score (nSPS) is 14.6. The molecule has 1 heterocycles. The average molecular weight is 247 g/mol. The van der Waals surface area contributed by atoms with Crippen molar-refractivity contribution in [2.24, 2.45) is 0 Å². The van der Waals surface area contributed by atoms with Crippen LogP contribution in [0.15, 0.2) is 18.2 Å². The first kappa shape index (κ1) is 12.9. The second kappa shape index (κ2) is 5.42. The number of esters is 1. The lowest BCUT2D eigenvalue weighted by Crippen LogP contribution is -2.34. The van der Waals surface area contributed by atoms with Crippen molar-refractivity contribution in [1.29, 1.82) is 0 Å². The number of ether oxygens (including phenoxy) is 1. The molecule has 0 aliphatic carbocycles. The van der Waals surface area contributed by atoms with E-state index in [2.05, 4.69) is 36.9 Å². The third-order valence-electron chi connectivity index (χ3n) is 3.53. The number of carbonyl (C=O) groups is 1. The molecule has 18 heavy (non-hydrogen) atoms. The highest BCUT2D eigenvalue weighted by atomic mass is 16.5. The molecule has 0 fully saturated rings. The average Bonchev–Trinajstić information content (AvgIpc) is 2.38. The van der Waals surface area contributed by atoms with E-state index >= 15 is 0 Å². The van der Waals surface area contributed by atoms with Crippen LogP contribution in [0.2, 0.25) is 0 Å². The molecule has 0 bridgehead atoms. The molecular weight excluding hydrogens is 226 g/mol. The molecule has 0 spiro atoms. The summed E-state index contributed by atoms with van der Waals surface area (Å²) in [6.45, 7) is 5.70. The molecule has 2 rings (SSSR count). The zero-order valence-corrected chi connectivity index (χ0v) is 11.4. The predicted octanol–water partition coefficient (Wildman–Crippen LogP) is 2.74. The summed E-state index contributed by atoms with van der Waals surface area (Å²) in [6, 6.07) is 6.59. The molecule has 1 aromatic rings. The SMILES string of the molecule is COC(=O)CN1CCCc2cc(C(C)C)ccc21. The first-order valence-corrected chi connectivity index (χ1v) is 6.56. The highest BCUT2D eigenvalue weighted by Gasteiger charge is 2.19. The monoisotopic (exact) mass is 247 g/mol. The van der Waals surface area contributed by atoms with E-state index in [0.29, 0.717) is 12.5 Å². The van der Waals surface area contributed by atoms with E-state index in [-0.39, 0.29) is 5.97 Å². The smallest absolute Gasteiger partial charge is 0.325 e. The van der Waals surface area contributed by atoms with Crippen LogP contribution in [-0.2, 0) is 16.0 Å². The molecule has 0 unspecified atom stereocenters. The quantitative estimate of drug-likeness (QED) is 0.769. The zero-order valence-electron chi connectivity index (χ0n) is 11.4. The van der Waals surface area contributed by atoms with Crippen LogP contribution in [0.25, 0.3) is 0 Å². The van der Waals surface area contributed by atoms with Gasteiger partial charge >= 0.3 is 5.97 Å². The Kier molecular flexibility index (Phi) is 3.90. The molecular formula is C15H21NO2. The van der Waals surface area contributed by atoms with E-state index in [4.69, 9.17) is 4.74 Å². The van der Waals surface area contributed by atoms with Gasteiger partial charge in [0.1, 0.15) is 6.54 Å². The minimum Gasteiger partial charge on any atom is -0.468 e. The van der Waals surface area contributed by atoms with Gasteiger partial charge in [0.15, 0.2) is 0 Å². The number of nitrogens with zero attached hydrogens (tertiary/aromatic N) is 1. The van der Waals surface area contributed by atoms with Gasteiger partial charge in [-0.1, -0.05) is 26.0 Å². The fourth-order valence-corrected chi connectivity index (χ4v) is 2.44. The van der Waals surface area contributed by atoms with Gasteiger partial charge in [-0.3, -0.25) is 4.79 Å². The molecule has 1 aliphatic heterocycles. The van der Waals surface area contributed by atoms with E-state index in [1.54, 1.807) is 0 Å². The van der Waals surface area contributed by atoms with Gasteiger partial charge in [0.05, 0.1) is 7.11 Å². The second-order valence-electron chi connectivity index (χ2n) is 5.14. The van der Waals surface area contributed by atoms with Gasteiger partial charge in [-0.2, -0.15) is 0 Å². The molecule has 0 atom stereocenters. The maximum Gasteiger partial charge on any atom is 0.325 e. The van der Waals surface area contributed by atoms with Crippen LogP contribution in [0, 0.1) is 0 Å². The Hall–Kier alpha value is -1.51. The number of anilines is 1. The molecule has 3 heteroatoms. The Balaban J connectivity index is 2.24. The highest BCUT2D eigenvalue weighted by molar-refractivity contribution is 5.76. The molecule has 98 valence electrons. The Labute approximate surface area is 109 Å². The van der Waals surface area contributed by atoms with Crippen LogP contribution in [0.4, 0.5) is 5.69 Å². The Morgan fingerprint density at radius 3 is 2.89 bits per heavy atom. The van der Waals surface area contributed by atoms with Gasteiger partial charge in [-0.15, -0.1) is 0 Å². The summed E-state index contributed by atoms with van der Waals surface area (Å²) in [5.41, 5.74) is 3.92. The molecule has 0 N–H and O–H groups in total. The molecule has 0 amide bonds. The lowest BCUT2D eigenvalue weighted by atomic mass is 9.95. The van der Waals surface area contributed by atoms with Gasteiger partial charge in [-0.25, -0.2) is 0 Å². The Morgan fingerprint density at radius 2 is 2.22 bits per heavy atom. The molecule has 1 aromatic carbocycles. The summed E-state index contributed by atoms with van der Waals surface area (Å²) >= 11 is 0. The summed E-state index contributed by atoms with van der Waals surface area (Å²) in [7, 11) is 1.44. The third-order valence-corrected chi connectivity index (χ3v) is 3.53. The zero-order chi connectivity index (χ0) is 13.1. The molecule has 1 aliphatic rings. The van der Waals surface area contributed by atoms with Crippen molar-refractivity contribution >= 4 is 11.7 Å². The van der Waals surface area contributed by atoms with E-state index in [1.165, 1.54) is 23.9 Å². The van der Waals surface area contributed by atoms with Crippen molar-refractivity contribution < 1.29 is 9.53 Å². The van der Waals surface area contributed by atoms with Crippen molar-refractivity contribution in [3.63, 3.8) is 0 Å². The van der Waals surface area contributed by atoms with Crippen LogP contribution < -0.4 is 4.90 Å². The van der Waals surface area contributed by atoms with Crippen molar-refractivity contribution in [2.75, 3.05) is 25.1 Å². The third kappa shape index (κ3) is 2.66. The van der Waals surface area contributed by atoms with Crippen molar-refractivity contribution in [2.45, 2.75) is 32.6 Å². The van der Waals surface area contributed by atoms with Gasteiger partial charge in [0, 0.05) is 12.2 Å². The molecule has 3 nitrogen and oxygen atoms in total. The number of fused-ring (bicyclic) bond motifs is 1. The van der Waals surface area contributed by atoms with E-state index < -0.39 is 0 Å². The number of aryl methyl sites for hydroxylation is 1. The number of rotatable bonds is 3. The Bertz CT molecular complexity index is 440. The minimum atomic E-state index is -0.171. The number of carbonyl (C=O) groups excluding carboxylic acids is 1. The topological polar surface area (TPSA) is 29.5 Å².